The van der Waals surface area contributed by atoms with Crippen LogP contribution < -0.4 is 0 Å². The van der Waals surface area contributed by atoms with Gasteiger partial charge in [0.15, 0.2) is 12.2 Å². The Morgan fingerprint density at radius 1 is 0.278 bits per heavy atom. The fourth-order valence-corrected chi connectivity index (χ4v) is 13.6. The molecule has 0 aliphatic heterocycles. The van der Waals surface area contributed by atoms with Gasteiger partial charge in [-0.1, -0.05) is 362 Å². The summed E-state index contributed by atoms with van der Waals surface area (Å²) in [6.45, 7) is 7.21. The van der Waals surface area contributed by atoms with Crippen LogP contribution in [-0.4, -0.2) is 96.7 Å². The van der Waals surface area contributed by atoms with Crippen LogP contribution >= 0.6 is 15.6 Å². The minimum Gasteiger partial charge on any atom is -0.462 e. The predicted molar refractivity (Wildman–Crippen MR) is 395 cm³/mol. The molecule has 17 nitrogen and oxygen atoms in total. The number of carbonyl (C=O) groups is 4. The summed E-state index contributed by atoms with van der Waals surface area (Å²) in [5.41, 5.74) is 0. The Bertz CT molecular complexity index is 1860. The Labute approximate surface area is 594 Å². The summed E-state index contributed by atoms with van der Waals surface area (Å²) >= 11 is 0. The molecule has 0 heterocycles. The molecule has 2 unspecified atom stereocenters. The highest BCUT2D eigenvalue weighted by Crippen LogP contribution is 2.45. The number of esters is 4. The normalized spacial score (nSPS) is 13.9. The van der Waals surface area contributed by atoms with Crippen molar-refractivity contribution in [2.75, 3.05) is 39.6 Å². The van der Waals surface area contributed by atoms with E-state index in [1.165, 1.54) is 231 Å². The number of carbonyl (C=O) groups excluding carboxylic acids is 4. The maximum absolute atomic E-state index is 13.1. The molecule has 0 radical (unpaired) electrons. The van der Waals surface area contributed by atoms with Gasteiger partial charge in [0.05, 0.1) is 26.4 Å². The minimum atomic E-state index is -4.96. The largest absolute Gasteiger partial charge is 0.472 e. The lowest BCUT2D eigenvalue weighted by Crippen LogP contribution is -2.30. The number of unbranched alkanes of at least 4 members (excludes halogenated alkanes) is 50. The first-order chi connectivity index (χ1) is 47.0. The van der Waals surface area contributed by atoms with Gasteiger partial charge in [0.25, 0.3) is 0 Å². The summed E-state index contributed by atoms with van der Waals surface area (Å²) in [4.78, 5) is 72.8. The van der Waals surface area contributed by atoms with Crippen molar-refractivity contribution in [1.29, 1.82) is 0 Å². The monoisotopic (exact) mass is 1420 g/mol. The zero-order valence-electron chi connectivity index (χ0n) is 63.2. The number of hydrogen-bond acceptors (Lipinski definition) is 15. The summed E-state index contributed by atoms with van der Waals surface area (Å²) in [7, 11) is -9.91. The number of phosphoric acid groups is 2. The molecule has 0 aromatic rings. The lowest BCUT2D eigenvalue weighted by molar-refractivity contribution is -0.161. The van der Waals surface area contributed by atoms with E-state index in [9.17, 15) is 43.2 Å². The Morgan fingerprint density at radius 2 is 0.474 bits per heavy atom. The van der Waals surface area contributed by atoms with Gasteiger partial charge in [-0.15, -0.1) is 0 Å². The maximum atomic E-state index is 13.1. The van der Waals surface area contributed by atoms with E-state index in [0.29, 0.717) is 31.6 Å². The first-order valence-corrected chi connectivity index (χ1v) is 43.6. The second kappa shape index (κ2) is 71.1. The van der Waals surface area contributed by atoms with Gasteiger partial charge < -0.3 is 33.8 Å². The number of ether oxygens (including phenoxy) is 4. The van der Waals surface area contributed by atoms with Crippen molar-refractivity contribution < 1.29 is 80.2 Å². The van der Waals surface area contributed by atoms with E-state index in [1.807, 2.05) is 0 Å². The lowest BCUT2D eigenvalue weighted by Gasteiger charge is -2.21. The second-order valence-electron chi connectivity index (χ2n) is 28.6. The standard InChI is InChI=1S/C78H152O17P2/c1-6-9-12-15-18-21-24-26-28-30-31-32-33-34-35-37-39-41-44-47-54-59-64-78(83)94-73(67-88-75(80)61-56-51-45-43-40-38-36-29-27-25-22-19-16-13-10-7-2)69-92-96(84,85)90-65-72(79)66-91-97(86,87)93-70-74(68-89-76(81)62-57-52-49-48-50-55-60-71(4)5)95-77(82)63-58-53-46-42-23-20-17-14-11-8-3/h71-74,79H,6-70H2,1-5H3,(H,84,85)(H,86,87)/t72-,73-,74-/m1/s1. The first kappa shape index (κ1) is 95.1. The number of aliphatic hydroxyl groups is 1. The Kier molecular flexibility index (Phi) is 69.6. The highest BCUT2D eigenvalue weighted by molar-refractivity contribution is 7.47. The van der Waals surface area contributed by atoms with Crippen molar-refractivity contribution in [1.82, 2.24) is 0 Å². The van der Waals surface area contributed by atoms with Gasteiger partial charge in [0, 0.05) is 25.7 Å². The number of phosphoric ester groups is 2. The van der Waals surface area contributed by atoms with Crippen LogP contribution in [-0.2, 0) is 65.4 Å². The fraction of sp³-hybridized carbons (Fsp3) is 0.949. The lowest BCUT2D eigenvalue weighted by atomic mass is 10.0. The molecule has 0 spiro atoms. The molecule has 97 heavy (non-hydrogen) atoms. The third kappa shape index (κ3) is 72.2. The van der Waals surface area contributed by atoms with Crippen molar-refractivity contribution in [3.05, 3.63) is 0 Å². The third-order valence-electron chi connectivity index (χ3n) is 18.3. The molecule has 0 rings (SSSR count). The van der Waals surface area contributed by atoms with E-state index in [2.05, 4.69) is 34.6 Å². The molecule has 0 fully saturated rings. The van der Waals surface area contributed by atoms with Crippen molar-refractivity contribution in [3.63, 3.8) is 0 Å². The molecule has 0 amide bonds. The summed E-state index contributed by atoms with van der Waals surface area (Å²) in [6.07, 6.45) is 61.4. The minimum absolute atomic E-state index is 0.106. The van der Waals surface area contributed by atoms with Crippen molar-refractivity contribution in [2.45, 2.75) is 432 Å². The van der Waals surface area contributed by atoms with Crippen LogP contribution in [0.2, 0.25) is 0 Å². The molecular formula is C78H152O17P2. The Hall–Kier alpha value is -1.94. The van der Waals surface area contributed by atoms with E-state index >= 15 is 0 Å². The van der Waals surface area contributed by atoms with Crippen LogP contribution in [0.5, 0.6) is 0 Å². The molecular weight excluding hydrogens is 1270 g/mol. The SMILES string of the molecule is CCCCCCCCCCCCCCCCCCCCCCCCC(=O)O[C@H](COC(=O)CCCCCCCCCCCCCCCCCC)COP(=O)(O)OC[C@@H](O)COP(=O)(O)OC[C@@H](COC(=O)CCCCCCCCC(C)C)OC(=O)CCCCCCCCCCCC. The van der Waals surface area contributed by atoms with Crippen LogP contribution in [0, 0.1) is 5.92 Å². The van der Waals surface area contributed by atoms with Crippen LogP contribution in [0.25, 0.3) is 0 Å². The van der Waals surface area contributed by atoms with Gasteiger partial charge in [-0.2, -0.15) is 0 Å². The van der Waals surface area contributed by atoms with E-state index in [-0.39, 0.29) is 25.7 Å². The van der Waals surface area contributed by atoms with Gasteiger partial charge >= 0.3 is 39.5 Å². The van der Waals surface area contributed by atoms with Gasteiger partial charge in [-0.25, -0.2) is 9.13 Å². The average molecular weight is 1420 g/mol. The van der Waals surface area contributed by atoms with Crippen molar-refractivity contribution in [2.24, 2.45) is 5.92 Å². The highest BCUT2D eigenvalue weighted by atomic mass is 31.2. The van der Waals surface area contributed by atoms with E-state index < -0.39 is 97.5 Å². The van der Waals surface area contributed by atoms with Crippen LogP contribution in [0.4, 0.5) is 0 Å². The van der Waals surface area contributed by atoms with Crippen LogP contribution in [0.1, 0.15) is 413 Å². The molecule has 0 saturated carbocycles. The maximum Gasteiger partial charge on any atom is 0.472 e. The Morgan fingerprint density at radius 3 is 0.701 bits per heavy atom. The summed E-state index contributed by atoms with van der Waals surface area (Å²) < 4.78 is 68.5. The van der Waals surface area contributed by atoms with Crippen LogP contribution in [0.15, 0.2) is 0 Å². The molecule has 0 aromatic carbocycles. The molecule has 0 saturated heterocycles. The zero-order valence-corrected chi connectivity index (χ0v) is 65.0. The van der Waals surface area contributed by atoms with Gasteiger partial charge in [-0.3, -0.25) is 37.3 Å². The molecule has 0 aromatic heterocycles. The fourth-order valence-electron chi connectivity index (χ4n) is 12.1. The highest BCUT2D eigenvalue weighted by Gasteiger charge is 2.30. The van der Waals surface area contributed by atoms with Gasteiger partial charge in [0.2, 0.25) is 0 Å². The topological polar surface area (TPSA) is 237 Å². The average Bonchev–Trinajstić information content (AvgIpc) is 1.25. The molecule has 3 N–H and O–H groups in total. The molecule has 576 valence electrons. The number of rotatable bonds is 78. The Balaban J connectivity index is 5.17. The van der Waals surface area contributed by atoms with Crippen molar-refractivity contribution >= 4 is 39.5 Å². The van der Waals surface area contributed by atoms with Crippen molar-refractivity contribution in [3.8, 4) is 0 Å². The molecule has 0 bridgehead atoms. The van der Waals surface area contributed by atoms with Gasteiger partial charge in [0.1, 0.15) is 19.3 Å². The number of aliphatic hydroxyl groups excluding tert-OH is 1. The molecule has 0 aliphatic rings. The smallest absolute Gasteiger partial charge is 0.462 e. The van der Waals surface area contributed by atoms with Gasteiger partial charge in [-0.05, 0) is 31.6 Å². The molecule has 0 aliphatic carbocycles. The summed E-state index contributed by atoms with van der Waals surface area (Å²) in [5.74, 6) is -1.44. The summed E-state index contributed by atoms with van der Waals surface area (Å²) in [6, 6.07) is 0. The number of hydrogen-bond donors (Lipinski definition) is 3. The summed E-state index contributed by atoms with van der Waals surface area (Å²) in [5, 5.41) is 10.6. The van der Waals surface area contributed by atoms with E-state index in [4.69, 9.17) is 37.0 Å². The first-order valence-electron chi connectivity index (χ1n) is 40.6. The van der Waals surface area contributed by atoms with E-state index in [1.54, 1.807) is 0 Å². The molecule has 5 atom stereocenters. The van der Waals surface area contributed by atoms with Crippen LogP contribution in [0.3, 0.4) is 0 Å². The third-order valence-corrected chi connectivity index (χ3v) is 20.2. The van der Waals surface area contributed by atoms with E-state index in [0.717, 1.165) is 96.3 Å². The quantitative estimate of drug-likeness (QED) is 0.0222. The second-order valence-corrected chi connectivity index (χ2v) is 31.5. The zero-order chi connectivity index (χ0) is 71.2. The molecule has 19 heteroatoms. The predicted octanol–water partition coefficient (Wildman–Crippen LogP) is 23.3.